The highest BCUT2D eigenvalue weighted by Crippen LogP contribution is 2.47. The van der Waals surface area contributed by atoms with Gasteiger partial charge in [0.05, 0.1) is 0 Å². The Labute approximate surface area is 63.4 Å². The van der Waals surface area contributed by atoms with Gasteiger partial charge in [-0.15, -0.1) is 0 Å². The van der Waals surface area contributed by atoms with Crippen LogP contribution in [0.15, 0.2) is 0 Å². The van der Waals surface area contributed by atoms with E-state index in [9.17, 15) is 0 Å². The van der Waals surface area contributed by atoms with Crippen LogP contribution in [0.3, 0.4) is 0 Å². The molecule has 0 bridgehead atoms. The van der Waals surface area contributed by atoms with Gasteiger partial charge in [-0.25, -0.2) is 0 Å². The number of likely N-dealkylation sites (tertiary alicyclic amines) is 1. The van der Waals surface area contributed by atoms with E-state index in [4.69, 9.17) is 0 Å². The van der Waals surface area contributed by atoms with E-state index in [0.29, 0.717) is 5.54 Å². The van der Waals surface area contributed by atoms with Gasteiger partial charge in [-0.3, -0.25) is 4.90 Å². The standard InChI is InChI=1S/C9H17N/c1-9(2,3)10-5-4-7-6-8(7)10/h7-8H,4-6H2,1-3H3/t7?,8-/m1/s1. The van der Waals surface area contributed by atoms with Gasteiger partial charge in [0, 0.05) is 11.6 Å². The third-order valence-electron chi connectivity index (χ3n) is 2.89. The van der Waals surface area contributed by atoms with Gasteiger partial charge < -0.3 is 0 Å². The summed E-state index contributed by atoms with van der Waals surface area (Å²) < 4.78 is 0. The molecule has 1 aliphatic carbocycles. The van der Waals surface area contributed by atoms with Crippen LogP contribution in [0.25, 0.3) is 0 Å². The summed E-state index contributed by atoms with van der Waals surface area (Å²) in [5.41, 5.74) is 0.427. The molecule has 2 aliphatic rings. The number of nitrogens with zero attached hydrogens (tertiary/aromatic N) is 1. The summed E-state index contributed by atoms with van der Waals surface area (Å²) in [4.78, 5) is 2.66. The lowest BCUT2D eigenvalue weighted by atomic mass is 10.1. The molecule has 1 nitrogen and oxygen atoms in total. The van der Waals surface area contributed by atoms with Crippen LogP contribution in [-0.2, 0) is 0 Å². The zero-order valence-electron chi connectivity index (χ0n) is 7.22. The van der Waals surface area contributed by atoms with E-state index in [0.717, 1.165) is 12.0 Å². The second-order valence-corrected chi connectivity index (χ2v) is 4.72. The van der Waals surface area contributed by atoms with Gasteiger partial charge in [0.1, 0.15) is 0 Å². The van der Waals surface area contributed by atoms with Crippen LogP contribution < -0.4 is 0 Å². The van der Waals surface area contributed by atoms with Crippen molar-refractivity contribution >= 4 is 0 Å². The van der Waals surface area contributed by atoms with E-state index >= 15 is 0 Å². The molecule has 10 heavy (non-hydrogen) atoms. The lowest BCUT2D eigenvalue weighted by Gasteiger charge is -2.33. The van der Waals surface area contributed by atoms with Gasteiger partial charge in [-0.05, 0) is 46.1 Å². The van der Waals surface area contributed by atoms with Crippen LogP contribution in [0.5, 0.6) is 0 Å². The highest BCUT2D eigenvalue weighted by atomic mass is 15.3. The molecule has 1 saturated carbocycles. The Morgan fingerprint density at radius 3 is 2.20 bits per heavy atom. The molecule has 0 radical (unpaired) electrons. The zero-order valence-corrected chi connectivity index (χ0v) is 7.22. The maximum absolute atomic E-state index is 2.66. The molecule has 1 aliphatic heterocycles. The Morgan fingerprint density at radius 2 is 2.00 bits per heavy atom. The van der Waals surface area contributed by atoms with Crippen molar-refractivity contribution in [3.8, 4) is 0 Å². The van der Waals surface area contributed by atoms with E-state index in [-0.39, 0.29) is 0 Å². The SMILES string of the molecule is CC(C)(C)N1CCC2C[C@H]21. The van der Waals surface area contributed by atoms with Gasteiger partial charge in [-0.2, -0.15) is 0 Å². The van der Waals surface area contributed by atoms with E-state index in [1.165, 1.54) is 19.4 Å². The topological polar surface area (TPSA) is 3.24 Å². The minimum absolute atomic E-state index is 0.427. The lowest BCUT2D eigenvalue weighted by molar-refractivity contribution is 0.150. The number of rotatable bonds is 0. The molecule has 1 heterocycles. The third-order valence-corrected chi connectivity index (χ3v) is 2.89. The first kappa shape index (κ1) is 6.66. The summed E-state index contributed by atoms with van der Waals surface area (Å²) in [5, 5.41) is 0. The molecule has 0 spiro atoms. The minimum atomic E-state index is 0.427. The largest absolute Gasteiger partial charge is 0.295 e. The zero-order chi connectivity index (χ0) is 7.35. The maximum Gasteiger partial charge on any atom is 0.0133 e. The molecule has 58 valence electrons. The number of hydrogen-bond acceptors (Lipinski definition) is 1. The van der Waals surface area contributed by atoms with Crippen molar-refractivity contribution in [1.29, 1.82) is 0 Å². The van der Waals surface area contributed by atoms with E-state index in [1.807, 2.05) is 0 Å². The van der Waals surface area contributed by atoms with Crippen molar-refractivity contribution < 1.29 is 0 Å². The Kier molecular flexibility index (Phi) is 1.17. The normalized spacial score (nSPS) is 39.9. The molecular weight excluding hydrogens is 122 g/mol. The lowest BCUT2D eigenvalue weighted by Crippen LogP contribution is -2.41. The van der Waals surface area contributed by atoms with Crippen LogP contribution in [0.4, 0.5) is 0 Å². The summed E-state index contributed by atoms with van der Waals surface area (Å²) in [5.74, 6) is 1.08. The van der Waals surface area contributed by atoms with E-state index in [2.05, 4.69) is 25.7 Å². The van der Waals surface area contributed by atoms with E-state index < -0.39 is 0 Å². The highest BCUT2D eigenvalue weighted by Gasteiger charge is 2.49. The fourth-order valence-electron chi connectivity index (χ4n) is 2.23. The molecule has 1 saturated heterocycles. The molecule has 1 unspecified atom stereocenters. The Balaban J connectivity index is 2.05. The molecule has 0 amide bonds. The highest BCUT2D eigenvalue weighted by molar-refractivity contribution is 5.04. The quantitative estimate of drug-likeness (QED) is 0.495. The average Bonchev–Trinajstić information content (AvgIpc) is 2.40. The first-order chi connectivity index (χ1) is 4.59. The predicted molar refractivity (Wildman–Crippen MR) is 43.0 cm³/mol. The first-order valence-corrected chi connectivity index (χ1v) is 4.36. The Morgan fingerprint density at radius 1 is 1.30 bits per heavy atom. The molecule has 2 atom stereocenters. The van der Waals surface area contributed by atoms with Gasteiger partial charge in [0.15, 0.2) is 0 Å². The van der Waals surface area contributed by atoms with Crippen LogP contribution in [0.1, 0.15) is 33.6 Å². The molecule has 0 aromatic rings. The summed E-state index contributed by atoms with van der Waals surface area (Å²) >= 11 is 0. The van der Waals surface area contributed by atoms with Crippen molar-refractivity contribution in [2.24, 2.45) is 5.92 Å². The Bertz CT molecular complexity index is 145. The van der Waals surface area contributed by atoms with Crippen molar-refractivity contribution in [3.05, 3.63) is 0 Å². The van der Waals surface area contributed by atoms with Crippen LogP contribution in [-0.4, -0.2) is 23.0 Å². The smallest absolute Gasteiger partial charge is 0.0133 e. The summed E-state index contributed by atoms with van der Waals surface area (Å²) in [6, 6.07) is 0.972. The van der Waals surface area contributed by atoms with Gasteiger partial charge in [-0.1, -0.05) is 0 Å². The predicted octanol–water partition coefficient (Wildman–Crippen LogP) is 1.88. The second kappa shape index (κ2) is 1.76. The van der Waals surface area contributed by atoms with Gasteiger partial charge in [0.25, 0.3) is 0 Å². The van der Waals surface area contributed by atoms with Crippen LogP contribution in [0.2, 0.25) is 0 Å². The first-order valence-electron chi connectivity index (χ1n) is 4.36. The third kappa shape index (κ3) is 0.878. The fourth-order valence-corrected chi connectivity index (χ4v) is 2.23. The minimum Gasteiger partial charge on any atom is -0.295 e. The fraction of sp³-hybridized carbons (Fsp3) is 1.00. The Hall–Kier alpha value is -0.0400. The molecular formula is C9H17N. The van der Waals surface area contributed by atoms with Crippen molar-refractivity contribution in [1.82, 2.24) is 4.90 Å². The van der Waals surface area contributed by atoms with Crippen molar-refractivity contribution in [3.63, 3.8) is 0 Å². The van der Waals surface area contributed by atoms with Crippen molar-refractivity contribution in [2.75, 3.05) is 6.54 Å². The summed E-state index contributed by atoms with van der Waals surface area (Å²) in [7, 11) is 0. The van der Waals surface area contributed by atoms with Crippen LogP contribution >= 0.6 is 0 Å². The molecule has 1 heteroatoms. The van der Waals surface area contributed by atoms with Gasteiger partial charge >= 0.3 is 0 Å². The molecule has 0 N–H and O–H groups in total. The van der Waals surface area contributed by atoms with Crippen LogP contribution in [0, 0.1) is 5.92 Å². The molecule has 2 fully saturated rings. The number of fused-ring (bicyclic) bond motifs is 1. The van der Waals surface area contributed by atoms with E-state index in [1.54, 1.807) is 0 Å². The van der Waals surface area contributed by atoms with Crippen molar-refractivity contribution in [2.45, 2.75) is 45.2 Å². The second-order valence-electron chi connectivity index (χ2n) is 4.72. The molecule has 0 aromatic heterocycles. The number of hydrogen-bond donors (Lipinski definition) is 0. The monoisotopic (exact) mass is 139 g/mol. The number of piperidine rings is 1. The maximum atomic E-state index is 2.66. The average molecular weight is 139 g/mol. The summed E-state index contributed by atoms with van der Waals surface area (Å²) in [6.45, 7) is 8.33. The molecule has 2 rings (SSSR count). The van der Waals surface area contributed by atoms with Gasteiger partial charge in [0.2, 0.25) is 0 Å². The molecule has 0 aromatic carbocycles. The summed E-state index contributed by atoms with van der Waals surface area (Å²) in [6.07, 6.45) is 2.94.